The summed E-state index contributed by atoms with van der Waals surface area (Å²) >= 11 is 0. The predicted molar refractivity (Wildman–Crippen MR) is 75.2 cm³/mol. The lowest BCUT2D eigenvalue weighted by Crippen LogP contribution is -2.47. The molecule has 106 valence electrons. The molecule has 3 heterocycles. The van der Waals surface area contributed by atoms with Gasteiger partial charge in [0.25, 0.3) is 0 Å². The molecule has 2 aromatic heterocycles. The van der Waals surface area contributed by atoms with Gasteiger partial charge in [0.05, 0.1) is 12.1 Å². The van der Waals surface area contributed by atoms with E-state index in [0.29, 0.717) is 0 Å². The Bertz CT molecular complexity index is 602. The summed E-state index contributed by atoms with van der Waals surface area (Å²) in [6.45, 7) is 2.85. The normalized spacial score (nSPS) is 20.8. The summed E-state index contributed by atoms with van der Waals surface area (Å²) in [7, 11) is 0. The highest BCUT2D eigenvalue weighted by molar-refractivity contribution is 5.82. The third-order valence-electron chi connectivity index (χ3n) is 3.71. The molecule has 1 saturated heterocycles. The van der Waals surface area contributed by atoms with Crippen LogP contribution in [0.1, 0.15) is 38.1 Å². The summed E-state index contributed by atoms with van der Waals surface area (Å²) in [4.78, 5) is 12.2. The average Bonchev–Trinajstić information content (AvgIpc) is 2.92. The molecule has 0 bridgehead atoms. The number of piperidine rings is 1. The third-order valence-corrected chi connectivity index (χ3v) is 3.71. The van der Waals surface area contributed by atoms with Crippen molar-refractivity contribution < 1.29 is 4.79 Å². The van der Waals surface area contributed by atoms with Crippen molar-refractivity contribution in [2.24, 2.45) is 0 Å². The van der Waals surface area contributed by atoms with Crippen molar-refractivity contribution in [3.05, 3.63) is 30.2 Å². The van der Waals surface area contributed by atoms with Crippen LogP contribution < -0.4 is 10.6 Å². The lowest BCUT2D eigenvalue weighted by Gasteiger charge is -2.24. The molecular formula is C14H19N5O. The van der Waals surface area contributed by atoms with Crippen LogP contribution in [0.4, 0.5) is 0 Å². The number of fused-ring (bicyclic) bond motifs is 1. The molecular weight excluding hydrogens is 254 g/mol. The number of hydrogen-bond acceptors (Lipinski definition) is 4. The van der Waals surface area contributed by atoms with E-state index in [0.717, 1.165) is 37.3 Å². The molecule has 2 unspecified atom stereocenters. The van der Waals surface area contributed by atoms with Crippen molar-refractivity contribution in [2.75, 3.05) is 6.54 Å². The van der Waals surface area contributed by atoms with E-state index in [1.807, 2.05) is 35.7 Å². The molecule has 2 N–H and O–H groups in total. The summed E-state index contributed by atoms with van der Waals surface area (Å²) in [5.41, 5.74) is 0.791. The van der Waals surface area contributed by atoms with Crippen molar-refractivity contribution >= 4 is 11.6 Å². The number of amides is 1. The van der Waals surface area contributed by atoms with Crippen LogP contribution in [0.25, 0.3) is 5.65 Å². The van der Waals surface area contributed by atoms with Crippen LogP contribution in [0.3, 0.4) is 0 Å². The monoisotopic (exact) mass is 273 g/mol. The van der Waals surface area contributed by atoms with E-state index in [-0.39, 0.29) is 18.0 Å². The molecule has 0 aromatic carbocycles. The van der Waals surface area contributed by atoms with Gasteiger partial charge in [0.1, 0.15) is 0 Å². The van der Waals surface area contributed by atoms with Crippen molar-refractivity contribution in [1.82, 2.24) is 25.2 Å². The molecule has 20 heavy (non-hydrogen) atoms. The first-order chi connectivity index (χ1) is 9.75. The summed E-state index contributed by atoms with van der Waals surface area (Å²) in [5, 5.41) is 14.5. The Balaban J connectivity index is 1.72. The minimum absolute atomic E-state index is 0.0462. The number of aromatic nitrogens is 3. The number of nitrogens with one attached hydrogen (secondary N) is 2. The van der Waals surface area contributed by atoms with Crippen molar-refractivity contribution in [2.45, 2.75) is 38.3 Å². The maximum atomic E-state index is 12.2. The van der Waals surface area contributed by atoms with E-state index in [1.165, 1.54) is 0 Å². The second-order valence-electron chi connectivity index (χ2n) is 5.22. The van der Waals surface area contributed by atoms with Gasteiger partial charge in [-0.05, 0) is 38.4 Å². The predicted octanol–water partition coefficient (Wildman–Crippen LogP) is 1.05. The molecule has 0 saturated carbocycles. The summed E-state index contributed by atoms with van der Waals surface area (Å²) < 4.78 is 1.90. The highest BCUT2D eigenvalue weighted by Crippen LogP contribution is 2.13. The lowest BCUT2D eigenvalue weighted by atomic mass is 10.0. The lowest BCUT2D eigenvalue weighted by molar-refractivity contribution is -0.124. The van der Waals surface area contributed by atoms with Crippen LogP contribution >= 0.6 is 0 Å². The minimum atomic E-state index is -0.163. The molecule has 6 nitrogen and oxygen atoms in total. The van der Waals surface area contributed by atoms with E-state index in [4.69, 9.17) is 0 Å². The van der Waals surface area contributed by atoms with Gasteiger partial charge in [-0.3, -0.25) is 9.20 Å². The first kappa shape index (κ1) is 13.1. The second-order valence-corrected chi connectivity index (χ2v) is 5.22. The highest BCUT2D eigenvalue weighted by Gasteiger charge is 2.23. The van der Waals surface area contributed by atoms with Crippen LogP contribution in [-0.4, -0.2) is 33.1 Å². The largest absolute Gasteiger partial charge is 0.345 e. The number of nitrogens with zero attached hydrogens (tertiary/aromatic N) is 3. The van der Waals surface area contributed by atoms with Crippen LogP contribution in [0.2, 0.25) is 0 Å². The Labute approximate surface area is 117 Å². The molecule has 1 aliphatic heterocycles. The van der Waals surface area contributed by atoms with Gasteiger partial charge in [-0.25, -0.2) is 0 Å². The zero-order valence-corrected chi connectivity index (χ0v) is 11.5. The fourth-order valence-corrected chi connectivity index (χ4v) is 2.61. The Morgan fingerprint density at radius 1 is 1.45 bits per heavy atom. The van der Waals surface area contributed by atoms with Crippen LogP contribution in [0.5, 0.6) is 0 Å². The van der Waals surface area contributed by atoms with Crippen molar-refractivity contribution in [3.63, 3.8) is 0 Å². The summed E-state index contributed by atoms with van der Waals surface area (Å²) in [6.07, 6.45) is 5.06. The molecule has 0 radical (unpaired) electrons. The topological polar surface area (TPSA) is 71.3 Å². The zero-order chi connectivity index (χ0) is 13.9. The first-order valence-corrected chi connectivity index (χ1v) is 7.09. The van der Waals surface area contributed by atoms with Gasteiger partial charge in [0.15, 0.2) is 11.5 Å². The minimum Gasteiger partial charge on any atom is -0.345 e. The third kappa shape index (κ3) is 2.51. The van der Waals surface area contributed by atoms with E-state index in [1.54, 1.807) is 0 Å². The maximum Gasteiger partial charge on any atom is 0.237 e. The van der Waals surface area contributed by atoms with Gasteiger partial charge in [-0.2, -0.15) is 0 Å². The molecule has 6 heteroatoms. The summed E-state index contributed by atoms with van der Waals surface area (Å²) in [6, 6.07) is 5.50. The maximum absolute atomic E-state index is 12.2. The van der Waals surface area contributed by atoms with E-state index >= 15 is 0 Å². The fraction of sp³-hybridized carbons (Fsp3) is 0.500. The molecule has 1 fully saturated rings. The second kappa shape index (κ2) is 5.58. The van der Waals surface area contributed by atoms with E-state index in [9.17, 15) is 4.79 Å². The molecule has 1 amide bonds. The van der Waals surface area contributed by atoms with E-state index < -0.39 is 0 Å². The van der Waals surface area contributed by atoms with Crippen LogP contribution in [0.15, 0.2) is 24.4 Å². The van der Waals surface area contributed by atoms with Gasteiger partial charge in [0.2, 0.25) is 5.91 Å². The number of rotatable bonds is 3. The Hall–Kier alpha value is -1.95. The van der Waals surface area contributed by atoms with Gasteiger partial charge in [-0.15, -0.1) is 10.2 Å². The van der Waals surface area contributed by atoms with Gasteiger partial charge < -0.3 is 10.6 Å². The van der Waals surface area contributed by atoms with Gasteiger partial charge >= 0.3 is 0 Å². The molecule has 0 aliphatic carbocycles. The quantitative estimate of drug-likeness (QED) is 0.877. The number of pyridine rings is 1. The average molecular weight is 273 g/mol. The molecule has 1 aliphatic rings. The van der Waals surface area contributed by atoms with E-state index in [2.05, 4.69) is 20.8 Å². The summed E-state index contributed by atoms with van der Waals surface area (Å²) in [5.74, 6) is 0.801. The molecule has 3 rings (SSSR count). The smallest absolute Gasteiger partial charge is 0.237 e. The van der Waals surface area contributed by atoms with Gasteiger partial charge in [0, 0.05) is 6.20 Å². The standard InChI is InChI=1S/C14H19N5O/c1-10(16-14(20)11-6-2-4-8-15-11)13-18-17-12-7-3-5-9-19(12)13/h3,5,7,9-11,15H,2,4,6,8H2,1H3,(H,16,20). The Morgan fingerprint density at radius 2 is 2.35 bits per heavy atom. The zero-order valence-electron chi connectivity index (χ0n) is 11.5. The van der Waals surface area contributed by atoms with Crippen molar-refractivity contribution in [3.8, 4) is 0 Å². The number of hydrogen-bond donors (Lipinski definition) is 2. The first-order valence-electron chi connectivity index (χ1n) is 7.09. The highest BCUT2D eigenvalue weighted by atomic mass is 16.2. The van der Waals surface area contributed by atoms with Gasteiger partial charge in [-0.1, -0.05) is 12.5 Å². The van der Waals surface area contributed by atoms with Crippen molar-refractivity contribution in [1.29, 1.82) is 0 Å². The Morgan fingerprint density at radius 3 is 3.15 bits per heavy atom. The number of carbonyl (C=O) groups is 1. The SMILES string of the molecule is CC(NC(=O)C1CCCCN1)c1nnc2ccccn12. The fourth-order valence-electron chi connectivity index (χ4n) is 2.61. The molecule has 2 aromatic rings. The molecule has 0 spiro atoms. The molecule has 2 atom stereocenters. The Kier molecular flexibility index (Phi) is 3.64. The van der Waals surface area contributed by atoms with Crippen LogP contribution in [0, 0.1) is 0 Å². The number of carbonyl (C=O) groups excluding carboxylic acids is 1. The van der Waals surface area contributed by atoms with Crippen LogP contribution in [-0.2, 0) is 4.79 Å².